The van der Waals surface area contributed by atoms with Crippen LogP contribution in [0, 0.1) is 0 Å². The largest absolute Gasteiger partial charge is 0.372 e. The van der Waals surface area contributed by atoms with E-state index < -0.39 is 5.91 Å². The Morgan fingerprint density at radius 3 is 2.81 bits per heavy atom. The second kappa shape index (κ2) is 7.86. The first-order valence-corrected chi connectivity index (χ1v) is 9.66. The lowest BCUT2D eigenvalue weighted by Gasteiger charge is -2.10. The molecule has 3 N–H and O–H groups in total. The summed E-state index contributed by atoms with van der Waals surface area (Å²) >= 11 is 0. The first-order valence-electron chi connectivity index (χ1n) is 9.66. The SMILES string of the molecule is NC(=O)C1=C=C=CC=C1c1ccnc(-c2ccnc(Nc3ccc4c(c3)COC4)n2)c1. The van der Waals surface area contributed by atoms with Crippen LogP contribution in [0.2, 0.25) is 0 Å². The molecule has 3 aromatic rings. The van der Waals surface area contributed by atoms with Gasteiger partial charge in [-0.15, -0.1) is 0 Å². The van der Waals surface area contributed by atoms with Gasteiger partial charge < -0.3 is 15.8 Å². The highest BCUT2D eigenvalue weighted by Crippen LogP contribution is 2.28. The van der Waals surface area contributed by atoms with Crippen LogP contribution in [0.15, 0.2) is 78.0 Å². The van der Waals surface area contributed by atoms with Crippen LogP contribution >= 0.6 is 0 Å². The number of primary amides is 1. The van der Waals surface area contributed by atoms with Gasteiger partial charge in [0.25, 0.3) is 5.91 Å². The van der Waals surface area contributed by atoms with Crippen molar-refractivity contribution in [2.75, 3.05) is 5.32 Å². The number of nitrogens with zero attached hydrogens (tertiary/aromatic N) is 3. The number of carbonyl (C=O) groups is 1. The van der Waals surface area contributed by atoms with E-state index in [2.05, 4.69) is 31.7 Å². The number of anilines is 2. The van der Waals surface area contributed by atoms with Crippen LogP contribution in [0.4, 0.5) is 11.6 Å². The first kappa shape index (κ1) is 18.7. The fourth-order valence-corrected chi connectivity index (χ4v) is 3.50. The molecule has 1 aromatic carbocycles. The molecule has 1 aliphatic carbocycles. The zero-order valence-corrected chi connectivity index (χ0v) is 16.4. The van der Waals surface area contributed by atoms with E-state index in [9.17, 15) is 4.79 Å². The zero-order valence-electron chi connectivity index (χ0n) is 16.4. The minimum atomic E-state index is -0.557. The topological polar surface area (TPSA) is 103 Å². The van der Waals surface area contributed by atoms with E-state index in [0.29, 0.717) is 36.1 Å². The van der Waals surface area contributed by atoms with Crippen LogP contribution in [-0.2, 0) is 22.7 Å². The fourth-order valence-electron chi connectivity index (χ4n) is 3.50. The number of rotatable bonds is 5. The van der Waals surface area contributed by atoms with Gasteiger partial charge in [0.15, 0.2) is 0 Å². The predicted octanol–water partition coefficient (Wildman–Crippen LogP) is 3.43. The summed E-state index contributed by atoms with van der Waals surface area (Å²) in [4.78, 5) is 25.1. The van der Waals surface area contributed by atoms with E-state index in [0.717, 1.165) is 16.8 Å². The van der Waals surface area contributed by atoms with Crippen molar-refractivity contribution in [3.05, 3.63) is 94.7 Å². The number of hydrogen-bond donors (Lipinski definition) is 2. The van der Waals surface area contributed by atoms with E-state index >= 15 is 0 Å². The second-order valence-corrected chi connectivity index (χ2v) is 7.05. The Morgan fingerprint density at radius 1 is 1.03 bits per heavy atom. The van der Waals surface area contributed by atoms with E-state index in [1.165, 1.54) is 5.56 Å². The van der Waals surface area contributed by atoms with Crippen molar-refractivity contribution in [3.63, 3.8) is 0 Å². The molecule has 2 aliphatic rings. The molecule has 7 nitrogen and oxygen atoms in total. The third-order valence-electron chi connectivity index (χ3n) is 5.01. The van der Waals surface area contributed by atoms with Gasteiger partial charge in [-0.05, 0) is 59.2 Å². The van der Waals surface area contributed by atoms with Crippen molar-refractivity contribution < 1.29 is 9.53 Å². The summed E-state index contributed by atoms with van der Waals surface area (Å²) in [6, 6.07) is 11.5. The van der Waals surface area contributed by atoms with E-state index in [1.54, 1.807) is 30.6 Å². The number of carbonyl (C=O) groups excluding carboxylic acids is 1. The summed E-state index contributed by atoms with van der Waals surface area (Å²) in [7, 11) is 0. The van der Waals surface area contributed by atoms with Crippen LogP contribution in [0.1, 0.15) is 16.7 Å². The van der Waals surface area contributed by atoms with Crippen molar-refractivity contribution in [1.29, 1.82) is 0 Å². The lowest BCUT2D eigenvalue weighted by molar-refractivity contribution is -0.114. The number of pyridine rings is 1. The Hall–Kier alpha value is -4.28. The normalized spacial score (nSPS) is 14.1. The molecular formula is C24H17N5O2. The average molecular weight is 407 g/mol. The number of nitrogens with two attached hydrogens (primary N) is 1. The van der Waals surface area contributed by atoms with Crippen LogP contribution in [0.3, 0.4) is 0 Å². The molecule has 5 rings (SSSR count). The molecule has 0 atom stereocenters. The maximum absolute atomic E-state index is 11.8. The van der Waals surface area contributed by atoms with Crippen molar-refractivity contribution in [2.45, 2.75) is 13.2 Å². The third kappa shape index (κ3) is 3.80. The van der Waals surface area contributed by atoms with Crippen molar-refractivity contribution >= 4 is 23.1 Å². The predicted molar refractivity (Wildman–Crippen MR) is 116 cm³/mol. The molecule has 7 heteroatoms. The zero-order chi connectivity index (χ0) is 21.2. The molecule has 0 unspecified atom stereocenters. The number of allylic oxidation sites excluding steroid dienone is 2. The third-order valence-corrected chi connectivity index (χ3v) is 5.01. The van der Waals surface area contributed by atoms with Crippen LogP contribution in [0.5, 0.6) is 0 Å². The van der Waals surface area contributed by atoms with Crippen LogP contribution in [-0.4, -0.2) is 20.9 Å². The van der Waals surface area contributed by atoms with Gasteiger partial charge >= 0.3 is 0 Å². The number of aromatic nitrogens is 3. The molecule has 31 heavy (non-hydrogen) atoms. The molecule has 1 aliphatic heterocycles. The maximum Gasteiger partial charge on any atom is 0.257 e. The van der Waals surface area contributed by atoms with Gasteiger partial charge in [0.1, 0.15) is 0 Å². The Morgan fingerprint density at radius 2 is 1.90 bits per heavy atom. The van der Waals surface area contributed by atoms with Crippen LogP contribution < -0.4 is 11.1 Å². The second-order valence-electron chi connectivity index (χ2n) is 7.05. The number of ether oxygens (including phenoxy) is 1. The van der Waals surface area contributed by atoms with Gasteiger partial charge in [-0.1, -0.05) is 17.5 Å². The highest BCUT2D eigenvalue weighted by atomic mass is 16.5. The van der Waals surface area contributed by atoms with E-state index in [1.807, 2.05) is 30.3 Å². The molecular weight excluding hydrogens is 390 g/mol. The van der Waals surface area contributed by atoms with Gasteiger partial charge in [-0.25, -0.2) is 9.97 Å². The molecule has 0 spiro atoms. The standard InChI is InChI=1S/C24H17N5O2/c25-23(30)20-4-2-1-3-19(20)15-7-9-26-22(12-15)21-8-10-27-24(29-21)28-18-6-5-16-13-31-14-17(16)11-18/h1,3,5-12H,13-14H2,(H2,25,30)(H,27,28,29). The molecule has 0 radical (unpaired) electrons. The minimum absolute atomic E-state index is 0.283. The van der Waals surface area contributed by atoms with Crippen molar-refractivity contribution in [1.82, 2.24) is 15.0 Å². The molecule has 150 valence electrons. The number of fused-ring (bicyclic) bond motifs is 1. The average Bonchev–Trinajstić information content (AvgIpc) is 3.27. The number of hydrogen-bond acceptors (Lipinski definition) is 6. The van der Waals surface area contributed by atoms with Gasteiger partial charge in [-0.2, -0.15) is 0 Å². The summed E-state index contributed by atoms with van der Waals surface area (Å²) in [5, 5.41) is 3.24. The molecule has 1 amide bonds. The van der Waals surface area contributed by atoms with Crippen molar-refractivity contribution in [3.8, 4) is 11.4 Å². The molecule has 3 heterocycles. The highest BCUT2D eigenvalue weighted by molar-refractivity contribution is 6.08. The number of amides is 1. The summed E-state index contributed by atoms with van der Waals surface area (Å²) < 4.78 is 5.47. The van der Waals surface area contributed by atoms with Gasteiger partial charge in [0.2, 0.25) is 5.95 Å². The van der Waals surface area contributed by atoms with Gasteiger partial charge in [0, 0.05) is 23.7 Å². The monoisotopic (exact) mass is 407 g/mol. The quantitative estimate of drug-likeness (QED) is 0.628. The number of nitrogens with one attached hydrogen (secondary N) is 1. The van der Waals surface area contributed by atoms with Crippen LogP contribution in [0.25, 0.3) is 17.0 Å². The summed E-state index contributed by atoms with van der Waals surface area (Å²) in [6.07, 6.45) is 6.81. The molecule has 0 bridgehead atoms. The molecule has 0 saturated heterocycles. The van der Waals surface area contributed by atoms with Gasteiger partial charge in [0.05, 0.1) is 30.2 Å². The van der Waals surface area contributed by atoms with Gasteiger partial charge in [-0.3, -0.25) is 9.78 Å². The lowest BCUT2D eigenvalue weighted by Crippen LogP contribution is -2.15. The fraction of sp³-hybridized carbons (Fsp3) is 0.0833. The van der Waals surface area contributed by atoms with Crippen molar-refractivity contribution in [2.24, 2.45) is 5.73 Å². The molecule has 0 saturated carbocycles. The lowest BCUT2D eigenvalue weighted by atomic mass is 9.96. The summed E-state index contributed by atoms with van der Waals surface area (Å²) in [6.45, 7) is 1.27. The molecule has 0 fully saturated rings. The highest BCUT2D eigenvalue weighted by Gasteiger charge is 2.16. The Bertz CT molecular complexity index is 1350. The number of benzene rings is 1. The first-order chi connectivity index (χ1) is 15.2. The smallest absolute Gasteiger partial charge is 0.257 e. The summed E-state index contributed by atoms with van der Waals surface area (Å²) in [5.74, 6) is -0.0949. The van der Waals surface area contributed by atoms with E-state index in [4.69, 9.17) is 10.5 Å². The minimum Gasteiger partial charge on any atom is -0.372 e. The summed E-state index contributed by atoms with van der Waals surface area (Å²) in [5.41, 5.74) is 17.3. The molecule has 2 aromatic heterocycles. The van der Waals surface area contributed by atoms with E-state index in [-0.39, 0.29) is 5.57 Å². The Balaban J connectivity index is 1.43. The Labute approximate surface area is 178 Å². The Kier molecular flexibility index (Phi) is 4.75. The maximum atomic E-state index is 11.8.